The quantitative estimate of drug-likeness (QED) is 0.521. The number of pyridine rings is 1. The maximum atomic E-state index is 14.1. The number of benzene rings is 1. The molecular weight excluding hydrogens is 333 g/mol. The molecule has 0 aliphatic heterocycles. The van der Waals surface area contributed by atoms with Crippen LogP contribution in [0.3, 0.4) is 0 Å². The summed E-state index contributed by atoms with van der Waals surface area (Å²) in [4.78, 5) is 4.20. The fraction of sp³-hybridized carbons (Fsp3) is 0.111. The van der Waals surface area contributed by atoms with E-state index in [-0.39, 0.29) is 5.82 Å². The Morgan fingerprint density at radius 2 is 1.65 bits per heavy atom. The molecule has 0 saturated carbocycles. The normalized spacial score (nSPS) is 10.8. The van der Waals surface area contributed by atoms with E-state index in [2.05, 4.69) is 30.9 Å². The molecule has 3 heterocycles. The third-order valence-electron chi connectivity index (χ3n) is 3.78. The van der Waals surface area contributed by atoms with Crippen molar-refractivity contribution in [1.82, 2.24) is 24.8 Å². The van der Waals surface area contributed by atoms with Gasteiger partial charge in [0.2, 0.25) is 0 Å². The Kier molecular flexibility index (Phi) is 4.38. The van der Waals surface area contributed by atoms with Gasteiger partial charge in [-0.05, 0) is 36.4 Å². The Labute approximate surface area is 148 Å². The Balaban J connectivity index is 1.49. The summed E-state index contributed by atoms with van der Waals surface area (Å²) in [6.45, 7) is 1.32. The van der Waals surface area contributed by atoms with Crippen LogP contribution in [0.1, 0.15) is 0 Å². The van der Waals surface area contributed by atoms with Gasteiger partial charge in [0.15, 0.2) is 11.5 Å². The maximum absolute atomic E-state index is 14.1. The summed E-state index contributed by atoms with van der Waals surface area (Å²) < 4.78 is 15.6. The number of nitrogens with one attached hydrogen (secondary N) is 2. The summed E-state index contributed by atoms with van der Waals surface area (Å²) in [5.41, 5.74) is 0.918. The van der Waals surface area contributed by atoms with Crippen LogP contribution in [0.4, 0.5) is 16.0 Å². The molecule has 0 atom stereocenters. The highest BCUT2D eigenvalue weighted by atomic mass is 19.1. The third-order valence-corrected chi connectivity index (χ3v) is 3.78. The monoisotopic (exact) mass is 349 g/mol. The standard InChI is InChI=1S/C18H16FN7/c19-14-6-2-1-5-13(14)18-24-23-17-9-8-16(25-26(17)18)22-12-11-21-15-7-3-4-10-20-15/h1-10H,11-12H2,(H,20,21)(H,22,25). The molecule has 7 nitrogen and oxygen atoms in total. The number of hydrogen-bond acceptors (Lipinski definition) is 6. The van der Waals surface area contributed by atoms with Crippen molar-refractivity contribution in [2.45, 2.75) is 0 Å². The number of nitrogens with zero attached hydrogens (tertiary/aromatic N) is 5. The van der Waals surface area contributed by atoms with Gasteiger partial charge in [-0.3, -0.25) is 0 Å². The van der Waals surface area contributed by atoms with Crippen molar-refractivity contribution in [3.63, 3.8) is 0 Å². The lowest BCUT2D eigenvalue weighted by Crippen LogP contribution is -2.15. The Morgan fingerprint density at radius 1 is 0.846 bits per heavy atom. The number of rotatable bonds is 6. The van der Waals surface area contributed by atoms with Gasteiger partial charge in [-0.25, -0.2) is 9.37 Å². The molecule has 26 heavy (non-hydrogen) atoms. The van der Waals surface area contributed by atoms with E-state index in [1.807, 2.05) is 24.3 Å². The molecule has 4 aromatic rings. The zero-order valence-electron chi connectivity index (χ0n) is 13.8. The van der Waals surface area contributed by atoms with E-state index in [4.69, 9.17) is 0 Å². The first-order chi connectivity index (χ1) is 12.8. The number of halogens is 1. The molecule has 130 valence electrons. The second-order valence-electron chi connectivity index (χ2n) is 5.56. The maximum Gasteiger partial charge on any atom is 0.188 e. The van der Waals surface area contributed by atoms with Gasteiger partial charge in [-0.2, -0.15) is 4.52 Å². The summed E-state index contributed by atoms with van der Waals surface area (Å²) in [6.07, 6.45) is 1.74. The van der Waals surface area contributed by atoms with Gasteiger partial charge < -0.3 is 10.6 Å². The van der Waals surface area contributed by atoms with E-state index in [0.717, 1.165) is 5.82 Å². The van der Waals surface area contributed by atoms with Gasteiger partial charge >= 0.3 is 0 Å². The van der Waals surface area contributed by atoms with Crippen molar-refractivity contribution >= 4 is 17.3 Å². The van der Waals surface area contributed by atoms with Crippen molar-refractivity contribution in [2.24, 2.45) is 0 Å². The second-order valence-corrected chi connectivity index (χ2v) is 5.56. The average Bonchev–Trinajstić information content (AvgIpc) is 3.09. The molecule has 1 aromatic carbocycles. The lowest BCUT2D eigenvalue weighted by Gasteiger charge is -2.08. The molecule has 0 saturated heterocycles. The lowest BCUT2D eigenvalue weighted by molar-refractivity contribution is 0.629. The first kappa shape index (κ1) is 15.9. The van der Waals surface area contributed by atoms with Crippen LogP contribution >= 0.6 is 0 Å². The van der Waals surface area contributed by atoms with E-state index in [9.17, 15) is 4.39 Å². The summed E-state index contributed by atoms with van der Waals surface area (Å²) >= 11 is 0. The first-order valence-electron chi connectivity index (χ1n) is 8.17. The molecular formula is C18H16FN7. The minimum atomic E-state index is -0.360. The van der Waals surface area contributed by atoms with E-state index >= 15 is 0 Å². The van der Waals surface area contributed by atoms with Gasteiger partial charge in [0.1, 0.15) is 17.5 Å². The van der Waals surface area contributed by atoms with Crippen molar-refractivity contribution in [3.05, 3.63) is 66.6 Å². The van der Waals surface area contributed by atoms with E-state index in [1.54, 1.807) is 30.5 Å². The predicted octanol–water partition coefficient (Wildman–Crippen LogP) is 2.85. The van der Waals surface area contributed by atoms with Crippen LogP contribution in [0, 0.1) is 5.82 Å². The van der Waals surface area contributed by atoms with E-state index < -0.39 is 0 Å². The largest absolute Gasteiger partial charge is 0.368 e. The molecule has 0 fully saturated rings. The van der Waals surface area contributed by atoms with Crippen molar-refractivity contribution in [1.29, 1.82) is 0 Å². The molecule has 0 aliphatic rings. The molecule has 3 aromatic heterocycles. The smallest absolute Gasteiger partial charge is 0.188 e. The Hall–Kier alpha value is -3.55. The lowest BCUT2D eigenvalue weighted by atomic mass is 10.2. The highest BCUT2D eigenvalue weighted by Crippen LogP contribution is 2.21. The summed E-state index contributed by atoms with van der Waals surface area (Å²) in [7, 11) is 0. The van der Waals surface area contributed by atoms with Crippen molar-refractivity contribution < 1.29 is 4.39 Å². The predicted molar refractivity (Wildman–Crippen MR) is 97.4 cm³/mol. The molecule has 0 aliphatic carbocycles. The van der Waals surface area contributed by atoms with Crippen LogP contribution in [-0.2, 0) is 0 Å². The van der Waals surface area contributed by atoms with E-state index in [1.165, 1.54) is 10.6 Å². The minimum absolute atomic E-state index is 0.360. The van der Waals surface area contributed by atoms with Crippen LogP contribution in [0.15, 0.2) is 60.8 Å². The highest BCUT2D eigenvalue weighted by molar-refractivity contribution is 5.60. The van der Waals surface area contributed by atoms with Crippen molar-refractivity contribution in [2.75, 3.05) is 23.7 Å². The fourth-order valence-corrected chi connectivity index (χ4v) is 2.54. The topological polar surface area (TPSA) is 80.0 Å². The van der Waals surface area contributed by atoms with E-state index in [0.29, 0.717) is 35.9 Å². The molecule has 0 unspecified atom stereocenters. The molecule has 4 rings (SSSR count). The molecule has 0 spiro atoms. The van der Waals surface area contributed by atoms with Crippen LogP contribution in [-0.4, -0.2) is 37.9 Å². The van der Waals surface area contributed by atoms with Gasteiger partial charge in [-0.15, -0.1) is 15.3 Å². The summed E-state index contributed by atoms with van der Waals surface area (Å²) in [5, 5.41) is 19.0. The fourth-order valence-electron chi connectivity index (χ4n) is 2.54. The number of fused-ring (bicyclic) bond motifs is 1. The first-order valence-corrected chi connectivity index (χ1v) is 8.17. The minimum Gasteiger partial charge on any atom is -0.368 e. The van der Waals surface area contributed by atoms with Gasteiger partial charge in [0.05, 0.1) is 5.56 Å². The molecule has 0 bridgehead atoms. The summed E-state index contributed by atoms with van der Waals surface area (Å²) in [5.74, 6) is 1.48. The second kappa shape index (κ2) is 7.14. The van der Waals surface area contributed by atoms with Crippen LogP contribution < -0.4 is 10.6 Å². The number of aromatic nitrogens is 5. The summed E-state index contributed by atoms with van der Waals surface area (Å²) in [6, 6.07) is 15.7. The molecule has 2 N–H and O–H groups in total. The third kappa shape index (κ3) is 3.30. The van der Waals surface area contributed by atoms with Crippen molar-refractivity contribution in [3.8, 4) is 11.4 Å². The highest BCUT2D eigenvalue weighted by Gasteiger charge is 2.13. The Morgan fingerprint density at radius 3 is 2.46 bits per heavy atom. The molecule has 0 radical (unpaired) electrons. The van der Waals surface area contributed by atoms with Crippen LogP contribution in [0.25, 0.3) is 17.0 Å². The average molecular weight is 349 g/mol. The van der Waals surface area contributed by atoms with Gasteiger partial charge in [0.25, 0.3) is 0 Å². The van der Waals surface area contributed by atoms with Crippen LogP contribution in [0.5, 0.6) is 0 Å². The zero-order chi connectivity index (χ0) is 17.8. The SMILES string of the molecule is Fc1ccccc1-c1nnc2ccc(NCCNc3ccccn3)nn12. The van der Waals surface area contributed by atoms with Gasteiger partial charge in [0, 0.05) is 19.3 Å². The number of anilines is 2. The van der Waals surface area contributed by atoms with Gasteiger partial charge in [-0.1, -0.05) is 18.2 Å². The zero-order valence-corrected chi connectivity index (χ0v) is 13.8. The molecule has 8 heteroatoms. The Bertz CT molecular complexity index is 1020. The number of hydrogen-bond donors (Lipinski definition) is 2. The van der Waals surface area contributed by atoms with Crippen LogP contribution in [0.2, 0.25) is 0 Å². The molecule has 0 amide bonds.